The summed E-state index contributed by atoms with van der Waals surface area (Å²) in [5.74, 6) is -0.397. The molecule has 0 fully saturated rings. The molecule has 2 aromatic heterocycles. The van der Waals surface area contributed by atoms with Gasteiger partial charge in [0.15, 0.2) is 4.34 Å². The molecule has 1 N–H and O–H groups in total. The Morgan fingerprint density at radius 1 is 1.17 bits per heavy atom. The van der Waals surface area contributed by atoms with Crippen molar-refractivity contribution in [1.82, 2.24) is 15.4 Å². The van der Waals surface area contributed by atoms with Gasteiger partial charge < -0.3 is 0 Å². The van der Waals surface area contributed by atoms with Crippen LogP contribution < -0.4 is 5.43 Å². The van der Waals surface area contributed by atoms with Gasteiger partial charge in [0.1, 0.15) is 0 Å². The van der Waals surface area contributed by atoms with Gasteiger partial charge in [-0.05, 0) is 30.3 Å². The molecule has 8 nitrogen and oxygen atoms in total. The predicted molar refractivity (Wildman–Crippen MR) is 116 cm³/mol. The Kier molecular flexibility index (Phi) is 5.77. The minimum atomic E-state index is -0.442. The first kappa shape index (κ1) is 19.7. The third-order valence-corrected chi connectivity index (χ3v) is 6.14. The van der Waals surface area contributed by atoms with Crippen molar-refractivity contribution in [3.63, 3.8) is 0 Å². The Bertz CT molecular complexity index is 1220. The van der Waals surface area contributed by atoms with Crippen LogP contribution in [0.5, 0.6) is 0 Å². The highest BCUT2D eigenvalue weighted by atomic mass is 32.2. The number of pyridine rings is 1. The number of amides is 1. The van der Waals surface area contributed by atoms with E-state index >= 15 is 0 Å². The summed E-state index contributed by atoms with van der Waals surface area (Å²) in [6.07, 6.45) is 4.37. The van der Waals surface area contributed by atoms with Crippen molar-refractivity contribution < 1.29 is 9.72 Å². The van der Waals surface area contributed by atoms with Gasteiger partial charge >= 0.3 is 0 Å². The van der Waals surface area contributed by atoms with E-state index in [1.54, 1.807) is 24.3 Å². The SMILES string of the molecule is O=C(NN=Cc1ccc(Sc2nc3ccccc3s2)c([N+](=O)[O-])c1)c1ccncc1. The number of fused-ring (bicyclic) bond motifs is 1. The van der Waals surface area contributed by atoms with Crippen LogP contribution in [0.3, 0.4) is 0 Å². The molecule has 0 bridgehead atoms. The van der Waals surface area contributed by atoms with Crippen LogP contribution in [0.4, 0.5) is 5.69 Å². The number of hydrazone groups is 1. The smallest absolute Gasteiger partial charge is 0.267 e. The van der Waals surface area contributed by atoms with Gasteiger partial charge in [0.2, 0.25) is 0 Å². The van der Waals surface area contributed by atoms with E-state index in [4.69, 9.17) is 0 Å². The molecule has 0 aliphatic heterocycles. The second-order valence-electron chi connectivity index (χ2n) is 5.97. The standard InChI is InChI=1S/C20H13N5O3S2/c26-19(14-7-9-21-10-8-14)24-22-12-13-5-6-18(16(11-13)25(27)28)30-20-23-15-3-1-2-4-17(15)29-20/h1-12H,(H,24,26). The average molecular weight is 435 g/mol. The molecule has 0 unspecified atom stereocenters. The maximum Gasteiger partial charge on any atom is 0.283 e. The van der Waals surface area contributed by atoms with Gasteiger partial charge in [0, 0.05) is 29.6 Å². The van der Waals surface area contributed by atoms with E-state index in [0.717, 1.165) is 14.6 Å². The van der Waals surface area contributed by atoms with Crippen molar-refractivity contribution in [1.29, 1.82) is 0 Å². The highest BCUT2D eigenvalue weighted by molar-refractivity contribution is 8.01. The lowest BCUT2D eigenvalue weighted by molar-refractivity contribution is -0.387. The van der Waals surface area contributed by atoms with Crippen LogP contribution >= 0.6 is 23.1 Å². The van der Waals surface area contributed by atoms with Crippen molar-refractivity contribution in [2.45, 2.75) is 9.24 Å². The molecule has 0 aliphatic rings. The molecule has 1 amide bonds. The number of nitrogens with zero attached hydrogens (tertiary/aromatic N) is 4. The second kappa shape index (κ2) is 8.80. The molecule has 4 rings (SSSR count). The largest absolute Gasteiger partial charge is 0.283 e. The Balaban J connectivity index is 1.51. The van der Waals surface area contributed by atoms with Crippen LogP contribution in [-0.4, -0.2) is 27.0 Å². The van der Waals surface area contributed by atoms with Crippen molar-refractivity contribution in [2.24, 2.45) is 5.10 Å². The van der Waals surface area contributed by atoms with Gasteiger partial charge in [-0.2, -0.15) is 5.10 Å². The molecule has 0 saturated heterocycles. The number of carbonyl (C=O) groups excluding carboxylic acids is 1. The fourth-order valence-electron chi connectivity index (χ4n) is 2.57. The summed E-state index contributed by atoms with van der Waals surface area (Å²) in [5, 5.41) is 15.4. The molecule has 0 spiro atoms. The number of nitro benzene ring substituents is 1. The van der Waals surface area contributed by atoms with Gasteiger partial charge in [-0.3, -0.25) is 19.9 Å². The molecule has 0 saturated carbocycles. The maximum absolute atomic E-state index is 12.0. The molecule has 0 atom stereocenters. The fraction of sp³-hybridized carbons (Fsp3) is 0. The summed E-state index contributed by atoms with van der Waals surface area (Å²) >= 11 is 2.73. The summed E-state index contributed by atoms with van der Waals surface area (Å²) in [7, 11) is 0. The number of benzene rings is 2. The molecule has 10 heteroatoms. The van der Waals surface area contributed by atoms with E-state index in [1.165, 1.54) is 47.8 Å². The van der Waals surface area contributed by atoms with Crippen molar-refractivity contribution in [3.8, 4) is 0 Å². The molecular formula is C20H13N5O3S2. The van der Waals surface area contributed by atoms with Crippen LogP contribution in [0.2, 0.25) is 0 Å². The molecule has 0 radical (unpaired) electrons. The van der Waals surface area contributed by atoms with Crippen LogP contribution in [-0.2, 0) is 0 Å². The Labute approximate surface area is 178 Å². The third-order valence-electron chi connectivity index (χ3n) is 3.97. The van der Waals surface area contributed by atoms with Crippen LogP contribution in [0.25, 0.3) is 10.2 Å². The summed E-state index contributed by atoms with van der Waals surface area (Å²) in [6.45, 7) is 0. The summed E-state index contributed by atoms with van der Waals surface area (Å²) in [6, 6.07) is 15.6. The van der Waals surface area contributed by atoms with Crippen LogP contribution in [0, 0.1) is 10.1 Å². The number of nitrogens with one attached hydrogen (secondary N) is 1. The molecule has 30 heavy (non-hydrogen) atoms. The quantitative estimate of drug-likeness (QED) is 0.271. The van der Waals surface area contributed by atoms with Crippen molar-refractivity contribution in [3.05, 3.63) is 88.2 Å². The number of rotatable bonds is 6. The molecule has 148 valence electrons. The van der Waals surface area contributed by atoms with Gasteiger partial charge in [-0.25, -0.2) is 10.4 Å². The zero-order valence-corrected chi connectivity index (χ0v) is 16.9. The zero-order chi connectivity index (χ0) is 20.9. The molecule has 2 aromatic carbocycles. The number of carbonyl (C=O) groups is 1. The van der Waals surface area contributed by atoms with Gasteiger partial charge in [0.25, 0.3) is 11.6 Å². The highest BCUT2D eigenvalue weighted by Crippen LogP contribution is 2.38. The monoisotopic (exact) mass is 435 g/mol. The lowest BCUT2D eigenvalue weighted by Gasteiger charge is -2.02. The first-order chi connectivity index (χ1) is 14.6. The minimum absolute atomic E-state index is 0.0522. The Hall–Kier alpha value is -3.63. The Morgan fingerprint density at radius 2 is 1.97 bits per heavy atom. The number of hydrogen-bond donors (Lipinski definition) is 1. The molecule has 2 heterocycles. The van der Waals surface area contributed by atoms with E-state index in [0.29, 0.717) is 16.0 Å². The minimum Gasteiger partial charge on any atom is -0.267 e. The van der Waals surface area contributed by atoms with Crippen molar-refractivity contribution in [2.75, 3.05) is 0 Å². The van der Waals surface area contributed by atoms with Crippen molar-refractivity contribution >= 4 is 51.1 Å². The van der Waals surface area contributed by atoms with Crippen LogP contribution in [0.1, 0.15) is 15.9 Å². The number of thiazole rings is 1. The topological polar surface area (TPSA) is 110 Å². The first-order valence-electron chi connectivity index (χ1n) is 8.65. The average Bonchev–Trinajstić information content (AvgIpc) is 3.17. The summed E-state index contributed by atoms with van der Waals surface area (Å²) < 4.78 is 1.75. The van der Waals surface area contributed by atoms with E-state index < -0.39 is 10.8 Å². The predicted octanol–water partition coefficient (Wildman–Crippen LogP) is 4.51. The molecular weight excluding hydrogens is 422 g/mol. The van der Waals surface area contributed by atoms with Gasteiger partial charge in [-0.1, -0.05) is 30.0 Å². The number of para-hydroxylation sites is 1. The van der Waals surface area contributed by atoms with Crippen LogP contribution in [0.15, 0.2) is 81.3 Å². The summed E-state index contributed by atoms with van der Waals surface area (Å²) in [4.78, 5) is 31.9. The normalized spacial score (nSPS) is 11.1. The molecule has 4 aromatic rings. The third kappa shape index (κ3) is 4.50. The van der Waals surface area contributed by atoms with Gasteiger partial charge in [0.05, 0.1) is 26.3 Å². The van der Waals surface area contributed by atoms with Gasteiger partial charge in [-0.15, -0.1) is 11.3 Å². The molecule has 0 aliphatic carbocycles. The van der Waals surface area contributed by atoms with E-state index in [1.807, 2.05) is 24.3 Å². The fourth-order valence-corrected chi connectivity index (χ4v) is 4.67. The number of hydrogen-bond acceptors (Lipinski definition) is 8. The zero-order valence-electron chi connectivity index (χ0n) is 15.3. The Morgan fingerprint density at radius 3 is 2.73 bits per heavy atom. The lowest BCUT2D eigenvalue weighted by atomic mass is 10.2. The van der Waals surface area contributed by atoms with E-state index in [2.05, 4.69) is 20.5 Å². The first-order valence-corrected chi connectivity index (χ1v) is 10.3. The highest BCUT2D eigenvalue weighted by Gasteiger charge is 2.17. The lowest BCUT2D eigenvalue weighted by Crippen LogP contribution is -2.17. The van der Waals surface area contributed by atoms with E-state index in [-0.39, 0.29) is 5.69 Å². The number of aromatic nitrogens is 2. The summed E-state index contributed by atoms with van der Waals surface area (Å²) in [5.41, 5.74) is 4.10. The second-order valence-corrected chi connectivity index (χ2v) is 8.29. The maximum atomic E-state index is 12.0. The van der Waals surface area contributed by atoms with E-state index in [9.17, 15) is 14.9 Å². The number of nitro groups is 1.